The highest BCUT2D eigenvalue weighted by atomic mass is 35.5. The highest BCUT2D eigenvalue weighted by Crippen LogP contribution is 2.29. The summed E-state index contributed by atoms with van der Waals surface area (Å²) in [5, 5.41) is 4.09. The second kappa shape index (κ2) is 4.98. The van der Waals surface area contributed by atoms with E-state index in [1.54, 1.807) is 0 Å². The van der Waals surface area contributed by atoms with Crippen LogP contribution in [0.15, 0.2) is 0 Å². The van der Waals surface area contributed by atoms with Gasteiger partial charge in [0.15, 0.2) is 0 Å². The minimum absolute atomic E-state index is 0.606. The number of halogens is 1. The summed E-state index contributed by atoms with van der Waals surface area (Å²) in [6.07, 6.45) is 1.32. The summed E-state index contributed by atoms with van der Waals surface area (Å²) >= 11 is 7.32. The Kier molecular flexibility index (Phi) is 3.82. The molecule has 3 unspecified atom stereocenters. The van der Waals surface area contributed by atoms with Gasteiger partial charge in [-0.15, -0.1) is 5.10 Å². The maximum atomic E-state index is 6.05. The van der Waals surface area contributed by atoms with Crippen molar-refractivity contribution in [1.29, 1.82) is 0 Å². The molecule has 0 spiro atoms. The molecule has 90 valence electrons. The van der Waals surface area contributed by atoms with Crippen molar-refractivity contribution in [2.24, 2.45) is 11.8 Å². The topological polar surface area (TPSA) is 29.0 Å². The first-order chi connectivity index (χ1) is 7.58. The molecule has 1 saturated heterocycles. The Bertz CT molecular complexity index is 355. The van der Waals surface area contributed by atoms with Crippen molar-refractivity contribution in [3.63, 3.8) is 0 Å². The van der Waals surface area contributed by atoms with Gasteiger partial charge in [-0.3, -0.25) is 4.90 Å². The number of piperidine rings is 1. The fourth-order valence-electron chi connectivity index (χ4n) is 2.52. The molecule has 3 nitrogen and oxygen atoms in total. The summed E-state index contributed by atoms with van der Waals surface area (Å²) in [5.74, 6) is 1.51. The molecular weight excluding hydrogens is 242 g/mol. The Morgan fingerprint density at radius 2 is 2.19 bits per heavy atom. The molecule has 5 heteroatoms. The zero-order valence-corrected chi connectivity index (χ0v) is 11.6. The second-order valence-corrected chi connectivity index (χ2v) is 6.34. The van der Waals surface area contributed by atoms with Gasteiger partial charge >= 0.3 is 0 Å². The molecule has 0 N–H and O–H groups in total. The van der Waals surface area contributed by atoms with Crippen LogP contribution in [-0.4, -0.2) is 27.1 Å². The third-order valence-corrected chi connectivity index (χ3v) is 4.57. The number of aromatic nitrogens is 2. The molecule has 0 bridgehead atoms. The van der Waals surface area contributed by atoms with Crippen LogP contribution in [0.2, 0.25) is 4.34 Å². The minimum Gasteiger partial charge on any atom is -0.294 e. The van der Waals surface area contributed by atoms with Crippen molar-refractivity contribution >= 4 is 23.1 Å². The lowest BCUT2D eigenvalue weighted by Crippen LogP contribution is -2.45. The van der Waals surface area contributed by atoms with E-state index in [-0.39, 0.29) is 0 Å². The molecule has 16 heavy (non-hydrogen) atoms. The molecule has 0 amide bonds. The van der Waals surface area contributed by atoms with Crippen LogP contribution in [0.25, 0.3) is 0 Å². The van der Waals surface area contributed by atoms with Gasteiger partial charge in [0.2, 0.25) is 0 Å². The Balaban J connectivity index is 2.06. The van der Waals surface area contributed by atoms with Crippen LogP contribution in [0.4, 0.5) is 0 Å². The smallest absolute Gasteiger partial charge is 0.138 e. The molecule has 1 aliphatic rings. The highest BCUT2D eigenvalue weighted by Gasteiger charge is 2.29. The monoisotopic (exact) mass is 259 g/mol. The lowest BCUT2D eigenvalue weighted by Gasteiger charge is -2.40. The lowest BCUT2D eigenvalue weighted by atomic mass is 9.86. The lowest BCUT2D eigenvalue weighted by molar-refractivity contribution is 0.0718. The van der Waals surface area contributed by atoms with Gasteiger partial charge in [0.1, 0.15) is 10.0 Å². The zero-order chi connectivity index (χ0) is 11.7. The number of nitrogens with zero attached hydrogens (tertiary/aromatic N) is 3. The molecule has 0 radical (unpaired) electrons. The molecule has 1 fully saturated rings. The van der Waals surface area contributed by atoms with E-state index < -0.39 is 0 Å². The van der Waals surface area contributed by atoms with Gasteiger partial charge in [0.05, 0.1) is 0 Å². The number of hydrogen-bond acceptors (Lipinski definition) is 4. The van der Waals surface area contributed by atoms with E-state index in [2.05, 4.69) is 35.3 Å². The SMILES string of the molecule is CC1CC(C)C(C)N(Cc2nnsc2Cl)C1. The Hall–Kier alpha value is -0.190. The fraction of sp³-hybridized carbons (Fsp3) is 0.818. The van der Waals surface area contributed by atoms with Gasteiger partial charge in [-0.05, 0) is 25.2 Å². The van der Waals surface area contributed by atoms with E-state index in [4.69, 9.17) is 11.6 Å². The Morgan fingerprint density at radius 3 is 2.81 bits per heavy atom. The van der Waals surface area contributed by atoms with E-state index in [9.17, 15) is 0 Å². The maximum absolute atomic E-state index is 6.05. The van der Waals surface area contributed by atoms with Crippen LogP contribution in [0.1, 0.15) is 32.9 Å². The third kappa shape index (κ3) is 2.55. The quantitative estimate of drug-likeness (QED) is 0.818. The number of rotatable bonds is 2. The van der Waals surface area contributed by atoms with Crippen LogP contribution in [0.3, 0.4) is 0 Å². The van der Waals surface area contributed by atoms with Crippen LogP contribution in [-0.2, 0) is 6.54 Å². The van der Waals surface area contributed by atoms with Crippen molar-refractivity contribution in [2.45, 2.75) is 39.8 Å². The van der Waals surface area contributed by atoms with Gasteiger partial charge in [-0.1, -0.05) is 29.9 Å². The predicted octanol–water partition coefficient (Wildman–Crippen LogP) is 3.06. The Morgan fingerprint density at radius 1 is 1.44 bits per heavy atom. The summed E-state index contributed by atoms with van der Waals surface area (Å²) in [6, 6.07) is 0.606. The molecule has 0 aromatic carbocycles. The molecule has 1 aromatic heterocycles. The van der Waals surface area contributed by atoms with E-state index in [0.29, 0.717) is 6.04 Å². The van der Waals surface area contributed by atoms with Gasteiger partial charge in [0.25, 0.3) is 0 Å². The van der Waals surface area contributed by atoms with Crippen LogP contribution in [0.5, 0.6) is 0 Å². The molecule has 0 aliphatic carbocycles. The molecule has 2 heterocycles. The number of hydrogen-bond donors (Lipinski definition) is 0. The van der Waals surface area contributed by atoms with Crippen molar-refractivity contribution in [2.75, 3.05) is 6.54 Å². The largest absolute Gasteiger partial charge is 0.294 e. The standard InChI is InChI=1S/C11H18ClN3S/c1-7-4-8(2)9(3)15(5-7)6-10-11(12)16-14-13-10/h7-9H,4-6H2,1-3H3. The fourth-order valence-corrected chi connectivity index (χ4v) is 3.14. The Labute approximate surface area is 106 Å². The van der Waals surface area contributed by atoms with Crippen molar-refractivity contribution < 1.29 is 0 Å². The summed E-state index contributed by atoms with van der Waals surface area (Å²) in [7, 11) is 0. The first-order valence-corrected chi connectivity index (χ1v) is 6.93. The van der Waals surface area contributed by atoms with E-state index >= 15 is 0 Å². The number of likely N-dealkylation sites (tertiary alicyclic amines) is 1. The van der Waals surface area contributed by atoms with Crippen LogP contribution in [0, 0.1) is 11.8 Å². The van der Waals surface area contributed by atoms with Gasteiger partial charge in [-0.2, -0.15) is 0 Å². The van der Waals surface area contributed by atoms with Gasteiger partial charge in [-0.25, -0.2) is 0 Å². The second-order valence-electron chi connectivity index (χ2n) is 4.98. The minimum atomic E-state index is 0.606. The normalized spacial score (nSPS) is 31.9. The molecule has 2 rings (SSSR count). The molecule has 3 atom stereocenters. The zero-order valence-electron chi connectivity index (χ0n) is 9.98. The van der Waals surface area contributed by atoms with E-state index in [1.807, 2.05) is 0 Å². The van der Waals surface area contributed by atoms with Gasteiger partial charge < -0.3 is 0 Å². The van der Waals surface area contributed by atoms with Gasteiger partial charge in [0, 0.05) is 30.7 Å². The van der Waals surface area contributed by atoms with E-state index in [1.165, 1.54) is 18.0 Å². The van der Waals surface area contributed by atoms with Crippen molar-refractivity contribution in [1.82, 2.24) is 14.5 Å². The molecular formula is C11H18ClN3S. The summed E-state index contributed by atoms with van der Waals surface area (Å²) in [5.41, 5.74) is 0.930. The highest BCUT2D eigenvalue weighted by molar-refractivity contribution is 7.10. The summed E-state index contributed by atoms with van der Waals surface area (Å²) in [4.78, 5) is 2.47. The summed E-state index contributed by atoms with van der Waals surface area (Å²) < 4.78 is 4.62. The molecule has 1 aromatic rings. The first-order valence-electron chi connectivity index (χ1n) is 5.78. The summed E-state index contributed by atoms with van der Waals surface area (Å²) in [6.45, 7) is 8.92. The van der Waals surface area contributed by atoms with Crippen molar-refractivity contribution in [3.8, 4) is 0 Å². The maximum Gasteiger partial charge on any atom is 0.138 e. The van der Waals surface area contributed by atoms with E-state index in [0.717, 1.165) is 35.0 Å². The first kappa shape index (κ1) is 12.3. The van der Waals surface area contributed by atoms with Crippen molar-refractivity contribution in [3.05, 3.63) is 10.0 Å². The third-order valence-electron chi connectivity index (χ3n) is 3.58. The molecule has 1 aliphatic heterocycles. The molecule has 0 saturated carbocycles. The van der Waals surface area contributed by atoms with Crippen LogP contribution >= 0.6 is 23.1 Å². The predicted molar refractivity (Wildman–Crippen MR) is 67.7 cm³/mol. The van der Waals surface area contributed by atoms with Crippen LogP contribution < -0.4 is 0 Å². The average molecular weight is 260 g/mol. The average Bonchev–Trinajstić information content (AvgIpc) is 2.60.